The average Bonchev–Trinajstić information content (AvgIpc) is 2.43. The van der Waals surface area contributed by atoms with E-state index in [9.17, 15) is 0 Å². The summed E-state index contributed by atoms with van der Waals surface area (Å²) in [5.41, 5.74) is 1.61. The molecule has 2 heterocycles. The largest absolute Gasteiger partial charge is 0.273 e. The van der Waals surface area contributed by atoms with Gasteiger partial charge in [0, 0.05) is 13.2 Å². The van der Waals surface area contributed by atoms with E-state index in [1.807, 2.05) is 20.2 Å². The van der Waals surface area contributed by atoms with E-state index < -0.39 is 0 Å². The van der Waals surface area contributed by atoms with Crippen LogP contribution in [-0.2, 0) is 13.5 Å². The van der Waals surface area contributed by atoms with E-state index in [0.717, 1.165) is 17.5 Å². The van der Waals surface area contributed by atoms with Gasteiger partial charge in [-0.05, 0) is 18.0 Å². The topological polar surface area (TPSA) is 43.6 Å². The van der Waals surface area contributed by atoms with Gasteiger partial charge in [-0.1, -0.05) is 6.92 Å². The van der Waals surface area contributed by atoms with Gasteiger partial charge in [0.1, 0.15) is 0 Å². The summed E-state index contributed by atoms with van der Waals surface area (Å²) in [4.78, 5) is 8.16. The van der Waals surface area contributed by atoms with Crippen molar-refractivity contribution in [1.29, 1.82) is 0 Å². The minimum absolute atomic E-state index is 0.267. The van der Waals surface area contributed by atoms with Crippen molar-refractivity contribution in [2.24, 2.45) is 7.05 Å². The van der Waals surface area contributed by atoms with Crippen molar-refractivity contribution in [3.05, 3.63) is 17.2 Å². The van der Waals surface area contributed by atoms with Crippen LogP contribution in [-0.4, -0.2) is 19.7 Å². The summed E-state index contributed by atoms with van der Waals surface area (Å²) in [6, 6.07) is 0. The molecule has 0 fully saturated rings. The zero-order valence-corrected chi connectivity index (χ0v) is 8.21. The van der Waals surface area contributed by atoms with E-state index in [4.69, 9.17) is 11.6 Å². The standard InChI is InChI=1S/C8H9ClN4/c1-3-6-5-4-13(2)12-7(5)11-8(9)10-6/h4H,3H2,1-2H3. The fraction of sp³-hybridized carbons (Fsp3) is 0.375. The highest BCUT2D eigenvalue weighted by Gasteiger charge is 2.07. The fourth-order valence-electron chi connectivity index (χ4n) is 1.32. The van der Waals surface area contributed by atoms with Gasteiger partial charge in [-0.15, -0.1) is 0 Å². The number of rotatable bonds is 1. The van der Waals surface area contributed by atoms with Crippen LogP contribution in [0.25, 0.3) is 11.0 Å². The summed E-state index contributed by atoms with van der Waals surface area (Å²) < 4.78 is 1.72. The van der Waals surface area contributed by atoms with Gasteiger partial charge in [-0.2, -0.15) is 10.1 Å². The van der Waals surface area contributed by atoms with E-state index in [-0.39, 0.29) is 5.28 Å². The van der Waals surface area contributed by atoms with Gasteiger partial charge < -0.3 is 0 Å². The Hall–Kier alpha value is -1.16. The molecule has 0 radical (unpaired) electrons. The Kier molecular flexibility index (Phi) is 1.92. The van der Waals surface area contributed by atoms with Gasteiger partial charge >= 0.3 is 0 Å². The molecule has 0 bridgehead atoms. The molecule has 13 heavy (non-hydrogen) atoms. The van der Waals surface area contributed by atoms with Crippen molar-refractivity contribution in [3.63, 3.8) is 0 Å². The first kappa shape index (κ1) is 8.44. The van der Waals surface area contributed by atoms with Gasteiger partial charge in [0.15, 0.2) is 5.65 Å². The van der Waals surface area contributed by atoms with Crippen LogP contribution in [0.1, 0.15) is 12.6 Å². The Bertz CT molecular complexity index is 449. The first-order chi connectivity index (χ1) is 6.20. The van der Waals surface area contributed by atoms with Gasteiger partial charge in [0.05, 0.1) is 11.1 Å². The van der Waals surface area contributed by atoms with Crippen LogP contribution in [0.5, 0.6) is 0 Å². The zero-order valence-electron chi connectivity index (χ0n) is 7.45. The molecule has 0 saturated carbocycles. The number of hydrogen-bond donors (Lipinski definition) is 0. The molecular formula is C8H9ClN4. The van der Waals surface area contributed by atoms with Crippen LogP contribution < -0.4 is 0 Å². The lowest BCUT2D eigenvalue weighted by Crippen LogP contribution is -1.91. The van der Waals surface area contributed by atoms with Crippen molar-refractivity contribution in [1.82, 2.24) is 19.7 Å². The minimum Gasteiger partial charge on any atom is -0.273 e. The molecule has 68 valence electrons. The predicted molar refractivity (Wildman–Crippen MR) is 50.7 cm³/mol. The number of aromatic nitrogens is 4. The van der Waals surface area contributed by atoms with Crippen LogP contribution in [0.15, 0.2) is 6.20 Å². The summed E-state index contributed by atoms with van der Waals surface area (Å²) >= 11 is 5.74. The van der Waals surface area contributed by atoms with E-state index in [0.29, 0.717) is 5.65 Å². The highest BCUT2D eigenvalue weighted by atomic mass is 35.5. The number of halogens is 1. The lowest BCUT2D eigenvalue weighted by atomic mass is 10.2. The Labute approximate surface area is 80.6 Å². The monoisotopic (exact) mass is 196 g/mol. The third-order valence-corrected chi connectivity index (χ3v) is 2.05. The average molecular weight is 197 g/mol. The predicted octanol–water partition coefficient (Wildman–Crippen LogP) is 1.58. The van der Waals surface area contributed by atoms with E-state index >= 15 is 0 Å². The molecule has 0 spiro atoms. The Morgan fingerprint density at radius 1 is 1.46 bits per heavy atom. The molecule has 0 aliphatic heterocycles. The maximum absolute atomic E-state index is 5.74. The first-order valence-electron chi connectivity index (χ1n) is 4.06. The Morgan fingerprint density at radius 3 is 2.92 bits per heavy atom. The molecule has 0 saturated heterocycles. The number of nitrogens with zero attached hydrogens (tertiary/aromatic N) is 4. The van der Waals surface area contributed by atoms with Gasteiger partial charge in [0.25, 0.3) is 0 Å². The zero-order chi connectivity index (χ0) is 9.42. The highest BCUT2D eigenvalue weighted by Crippen LogP contribution is 2.16. The third-order valence-electron chi connectivity index (χ3n) is 1.88. The molecule has 0 aromatic carbocycles. The summed E-state index contributed by atoms with van der Waals surface area (Å²) in [5, 5.41) is 5.41. The summed E-state index contributed by atoms with van der Waals surface area (Å²) in [6.07, 6.45) is 2.74. The first-order valence-corrected chi connectivity index (χ1v) is 4.44. The quantitative estimate of drug-likeness (QED) is 0.651. The molecule has 2 aromatic heterocycles. The third kappa shape index (κ3) is 1.37. The van der Waals surface area contributed by atoms with Gasteiger partial charge in [-0.25, -0.2) is 4.98 Å². The number of hydrogen-bond acceptors (Lipinski definition) is 3. The smallest absolute Gasteiger partial charge is 0.224 e. The fourth-order valence-corrected chi connectivity index (χ4v) is 1.50. The molecule has 2 aromatic rings. The number of aryl methyl sites for hydroxylation is 2. The lowest BCUT2D eigenvalue weighted by Gasteiger charge is -1.96. The molecule has 2 rings (SSSR count). The Morgan fingerprint density at radius 2 is 2.23 bits per heavy atom. The van der Waals surface area contributed by atoms with Gasteiger partial charge in [-0.3, -0.25) is 4.68 Å². The molecule has 5 heteroatoms. The van der Waals surface area contributed by atoms with Crippen molar-refractivity contribution >= 4 is 22.6 Å². The summed E-state index contributed by atoms with van der Waals surface area (Å²) in [7, 11) is 1.86. The second-order valence-electron chi connectivity index (χ2n) is 2.83. The van der Waals surface area contributed by atoms with Crippen LogP contribution in [0.3, 0.4) is 0 Å². The summed E-state index contributed by atoms with van der Waals surface area (Å²) in [5.74, 6) is 0. The van der Waals surface area contributed by atoms with Crippen LogP contribution >= 0.6 is 11.6 Å². The van der Waals surface area contributed by atoms with Crippen LogP contribution in [0.4, 0.5) is 0 Å². The van der Waals surface area contributed by atoms with Crippen molar-refractivity contribution < 1.29 is 0 Å². The van der Waals surface area contributed by atoms with E-state index in [2.05, 4.69) is 15.1 Å². The lowest BCUT2D eigenvalue weighted by molar-refractivity contribution is 0.775. The maximum Gasteiger partial charge on any atom is 0.224 e. The molecule has 0 aliphatic rings. The maximum atomic E-state index is 5.74. The summed E-state index contributed by atoms with van der Waals surface area (Å²) in [6.45, 7) is 2.03. The second-order valence-corrected chi connectivity index (χ2v) is 3.17. The van der Waals surface area contributed by atoms with Crippen LogP contribution in [0, 0.1) is 0 Å². The van der Waals surface area contributed by atoms with Crippen LogP contribution in [0.2, 0.25) is 5.28 Å². The molecule has 0 aliphatic carbocycles. The molecule has 0 atom stereocenters. The molecule has 0 N–H and O–H groups in total. The second kappa shape index (κ2) is 2.96. The molecule has 0 unspecified atom stereocenters. The van der Waals surface area contributed by atoms with E-state index in [1.165, 1.54) is 0 Å². The van der Waals surface area contributed by atoms with Crippen molar-refractivity contribution in [3.8, 4) is 0 Å². The van der Waals surface area contributed by atoms with E-state index in [1.54, 1.807) is 4.68 Å². The SMILES string of the molecule is CCc1nc(Cl)nc2nn(C)cc12. The van der Waals surface area contributed by atoms with Gasteiger partial charge in [0.2, 0.25) is 5.28 Å². The molecular weight excluding hydrogens is 188 g/mol. The van der Waals surface area contributed by atoms with Crippen molar-refractivity contribution in [2.45, 2.75) is 13.3 Å². The normalized spacial score (nSPS) is 11.0. The Balaban J connectivity index is 2.80. The molecule has 4 nitrogen and oxygen atoms in total. The molecule has 0 amide bonds. The highest BCUT2D eigenvalue weighted by molar-refractivity contribution is 6.28. The minimum atomic E-state index is 0.267. The van der Waals surface area contributed by atoms with Crippen molar-refractivity contribution in [2.75, 3.05) is 0 Å². The number of fused-ring (bicyclic) bond motifs is 1.